The first kappa shape index (κ1) is 28.6. The molecule has 0 radical (unpaired) electrons. The molecule has 3 aromatic rings. The Labute approximate surface area is 249 Å². The number of aromatic amines is 1. The van der Waals surface area contributed by atoms with Crippen molar-refractivity contribution < 1.29 is 18.9 Å². The standard InChI is InChI=1S/C32H36N6O5/c39-27(21-10-5-6-11-21)19-37-26-17-8-7-16-25(26)29(22-12-3-1-2-4-13-22)35-38(32(37)42)20-28(40)33-24-15-9-14-23(18-24)30-34-31(41)43-36-30/h7-9,14-18,21-22H,1-6,10-13,19-20H2,(H,33,40)(H,34,36,41). The molecule has 2 fully saturated rings. The number of Topliss-reactive ketones (excluding diaryl/α,β-unsaturated/α-hetero) is 1. The lowest BCUT2D eigenvalue weighted by molar-refractivity contribution is -0.121. The van der Waals surface area contributed by atoms with E-state index < -0.39 is 17.7 Å². The predicted octanol–water partition coefficient (Wildman–Crippen LogP) is 5.34. The second-order valence-electron chi connectivity index (χ2n) is 11.6. The van der Waals surface area contributed by atoms with E-state index in [2.05, 4.69) is 20.0 Å². The molecule has 0 unspecified atom stereocenters. The van der Waals surface area contributed by atoms with Crippen molar-refractivity contribution >= 4 is 34.8 Å². The lowest BCUT2D eigenvalue weighted by Gasteiger charge is -2.26. The average Bonchev–Trinajstić information content (AvgIpc) is 3.62. The summed E-state index contributed by atoms with van der Waals surface area (Å²) < 4.78 is 4.59. The number of carbonyl (C=O) groups excluding carboxylic acids is 3. The van der Waals surface area contributed by atoms with Crippen LogP contribution < -0.4 is 16.0 Å². The molecule has 3 amide bonds. The van der Waals surface area contributed by atoms with Crippen molar-refractivity contribution in [2.45, 2.75) is 64.2 Å². The zero-order valence-corrected chi connectivity index (χ0v) is 24.1. The molecule has 1 aliphatic heterocycles. The first-order chi connectivity index (χ1) is 21.0. The topological polar surface area (TPSA) is 141 Å². The van der Waals surface area contributed by atoms with Crippen LogP contribution in [0.4, 0.5) is 16.2 Å². The summed E-state index contributed by atoms with van der Waals surface area (Å²) in [5.41, 5.74) is 3.32. The number of aromatic nitrogens is 2. The van der Waals surface area contributed by atoms with Gasteiger partial charge in [0.15, 0.2) is 11.6 Å². The second kappa shape index (κ2) is 12.8. The zero-order chi connectivity index (χ0) is 29.8. The summed E-state index contributed by atoms with van der Waals surface area (Å²) >= 11 is 0. The summed E-state index contributed by atoms with van der Waals surface area (Å²) in [5.74, 6) is -0.741. The molecule has 3 aliphatic rings. The van der Waals surface area contributed by atoms with E-state index in [-0.39, 0.29) is 36.5 Å². The van der Waals surface area contributed by atoms with Gasteiger partial charge >= 0.3 is 11.8 Å². The van der Waals surface area contributed by atoms with Gasteiger partial charge in [-0.2, -0.15) is 5.10 Å². The van der Waals surface area contributed by atoms with Crippen LogP contribution in [0.25, 0.3) is 11.4 Å². The lowest BCUT2D eigenvalue weighted by Crippen LogP contribution is -2.46. The van der Waals surface area contributed by atoms with Crippen molar-refractivity contribution in [2.75, 3.05) is 23.3 Å². The highest BCUT2D eigenvalue weighted by Gasteiger charge is 2.36. The molecule has 2 N–H and O–H groups in total. The van der Waals surface area contributed by atoms with Crippen LogP contribution in [0.1, 0.15) is 69.8 Å². The molecule has 0 spiro atoms. The number of nitrogens with zero attached hydrogens (tertiary/aromatic N) is 4. The molecule has 2 aromatic carbocycles. The molecule has 0 saturated heterocycles. The molecule has 2 heterocycles. The van der Waals surface area contributed by atoms with E-state index in [9.17, 15) is 19.2 Å². The fourth-order valence-electron chi connectivity index (χ4n) is 6.47. The van der Waals surface area contributed by atoms with Gasteiger partial charge in [-0.15, -0.1) is 0 Å². The van der Waals surface area contributed by atoms with Gasteiger partial charge in [0.05, 0.1) is 17.9 Å². The maximum atomic E-state index is 14.1. The van der Waals surface area contributed by atoms with Crippen LogP contribution in [-0.2, 0) is 9.59 Å². The lowest BCUT2D eigenvalue weighted by atomic mass is 9.89. The molecular formula is C32H36N6O5. The highest BCUT2D eigenvalue weighted by molar-refractivity contribution is 6.13. The number of hydrazone groups is 1. The molecule has 0 atom stereocenters. The number of anilines is 2. The molecular weight excluding hydrogens is 548 g/mol. The molecule has 6 rings (SSSR count). The van der Waals surface area contributed by atoms with E-state index in [0.29, 0.717) is 16.9 Å². The van der Waals surface area contributed by atoms with E-state index in [4.69, 9.17) is 5.10 Å². The summed E-state index contributed by atoms with van der Waals surface area (Å²) in [5, 5.41) is 12.6. The van der Waals surface area contributed by atoms with Gasteiger partial charge in [-0.3, -0.25) is 24.0 Å². The van der Waals surface area contributed by atoms with Gasteiger partial charge in [-0.05, 0) is 43.9 Å². The minimum Gasteiger partial charge on any atom is -0.324 e. The number of hydrogen-bond acceptors (Lipinski definition) is 7. The number of nitrogens with one attached hydrogen (secondary N) is 2. The Morgan fingerprint density at radius 2 is 1.65 bits per heavy atom. The smallest absolute Gasteiger partial charge is 0.324 e. The number of H-pyrrole nitrogens is 1. The van der Waals surface area contributed by atoms with Gasteiger partial charge in [0.2, 0.25) is 5.91 Å². The maximum Gasteiger partial charge on any atom is 0.439 e. The SMILES string of the molecule is O=C(CN1N=C(C2CCCCCC2)c2ccccc2N(CC(=O)C2CCCC2)C1=O)Nc1cccc(-c2noc(=O)[nH]2)c1. The van der Waals surface area contributed by atoms with Crippen LogP contribution in [0.15, 0.2) is 62.9 Å². The summed E-state index contributed by atoms with van der Waals surface area (Å²) in [6, 6.07) is 14.0. The van der Waals surface area contributed by atoms with Gasteiger partial charge in [-0.1, -0.05) is 74.0 Å². The number of fused-ring (bicyclic) bond motifs is 1. The van der Waals surface area contributed by atoms with Gasteiger partial charge in [0.1, 0.15) is 6.54 Å². The van der Waals surface area contributed by atoms with Crippen molar-refractivity contribution in [3.05, 3.63) is 64.6 Å². The third-order valence-corrected chi connectivity index (χ3v) is 8.67. The van der Waals surface area contributed by atoms with Gasteiger partial charge in [0.25, 0.3) is 0 Å². The maximum absolute atomic E-state index is 14.1. The van der Waals surface area contributed by atoms with Crippen molar-refractivity contribution in [3.8, 4) is 11.4 Å². The number of benzene rings is 2. The Morgan fingerprint density at radius 3 is 2.40 bits per heavy atom. The molecule has 2 saturated carbocycles. The van der Waals surface area contributed by atoms with Crippen LogP contribution in [0, 0.1) is 11.8 Å². The Morgan fingerprint density at radius 1 is 0.907 bits per heavy atom. The van der Waals surface area contributed by atoms with Crippen LogP contribution in [0.2, 0.25) is 0 Å². The third kappa shape index (κ3) is 6.45. The van der Waals surface area contributed by atoms with Gasteiger partial charge < -0.3 is 5.32 Å². The number of carbonyl (C=O) groups is 3. The summed E-state index contributed by atoms with van der Waals surface area (Å²) in [6.07, 6.45) is 10.2. The first-order valence-corrected chi connectivity index (χ1v) is 15.2. The van der Waals surface area contributed by atoms with Crippen LogP contribution in [-0.4, -0.2) is 51.7 Å². The molecule has 224 valence electrons. The summed E-state index contributed by atoms with van der Waals surface area (Å²) in [6.45, 7) is -0.383. The van der Waals surface area contributed by atoms with Crippen molar-refractivity contribution in [1.29, 1.82) is 0 Å². The first-order valence-electron chi connectivity index (χ1n) is 15.2. The molecule has 43 heavy (non-hydrogen) atoms. The van der Waals surface area contributed by atoms with Crippen molar-refractivity contribution in [1.82, 2.24) is 15.1 Å². The fourth-order valence-corrected chi connectivity index (χ4v) is 6.47. The quantitative estimate of drug-likeness (QED) is 0.342. The number of rotatable bonds is 8. The number of para-hydroxylation sites is 1. The number of urea groups is 1. The van der Waals surface area contributed by atoms with E-state index >= 15 is 0 Å². The summed E-state index contributed by atoms with van der Waals surface area (Å²) in [7, 11) is 0. The van der Waals surface area contributed by atoms with Crippen LogP contribution in [0.5, 0.6) is 0 Å². The molecule has 11 nitrogen and oxygen atoms in total. The van der Waals surface area contributed by atoms with Crippen molar-refractivity contribution in [2.24, 2.45) is 16.9 Å². The van der Waals surface area contributed by atoms with Gasteiger partial charge in [0, 0.05) is 28.7 Å². The molecule has 0 bridgehead atoms. The normalized spacial score (nSPS) is 18.1. The highest BCUT2D eigenvalue weighted by Crippen LogP contribution is 2.34. The fraction of sp³-hybridized carbons (Fsp3) is 0.438. The van der Waals surface area contributed by atoms with Gasteiger partial charge in [-0.25, -0.2) is 14.6 Å². The monoisotopic (exact) mass is 584 g/mol. The van der Waals surface area contributed by atoms with E-state index in [1.807, 2.05) is 24.3 Å². The van der Waals surface area contributed by atoms with E-state index in [0.717, 1.165) is 62.6 Å². The summed E-state index contributed by atoms with van der Waals surface area (Å²) in [4.78, 5) is 56.3. The minimum atomic E-state index is -0.677. The average molecular weight is 585 g/mol. The van der Waals surface area contributed by atoms with E-state index in [1.165, 1.54) is 22.8 Å². The molecule has 11 heteroatoms. The largest absolute Gasteiger partial charge is 0.439 e. The van der Waals surface area contributed by atoms with Crippen LogP contribution in [0.3, 0.4) is 0 Å². The Kier molecular flexibility index (Phi) is 8.48. The number of hydrogen-bond donors (Lipinski definition) is 2. The number of amides is 3. The second-order valence-corrected chi connectivity index (χ2v) is 11.6. The Balaban J connectivity index is 1.30. The molecule has 1 aromatic heterocycles. The van der Waals surface area contributed by atoms with E-state index in [1.54, 1.807) is 24.3 Å². The van der Waals surface area contributed by atoms with Crippen LogP contribution >= 0.6 is 0 Å². The predicted molar refractivity (Wildman–Crippen MR) is 162 cm³/mol. The third-order valence-electron chi connectivity index (χ3n) is 8.67. The highest BCUT2D eigenvalue weighted by atomic mass is 16.5. The Bertz CT molecular complexity index is 1580. The Hall–Kier alpha value is -4.54. The zero-order valence-electron chi connectivity index (χ0n) is 24.1. The van der Waals surface area contributed by atoms with Crippen molar-refractivity contribution in [3.63, 3.8) is 0 Å². The molecule has 2 aliphatic carbocycles. The minimum absolute atomic E-state index is 0.0469. The number of ketones is 1.